The first-order chi connectivity index (χ1) is 13.7. The van der Waals surface area contributed by atoms with Gasteiger partial charge < -0.3 is 4.90 Å². The van der Waals surface area contributed by atoms with Gasteiger partial charge in [0, 0.05) is 18.8 Å². The van der Waals surface area contributed by atoms with Gasteiger partial charge >= 0.3 is 0 Å². The number of aromatic nitrogens is 4. The maximum absolute atomic E-state index is 12.6. The number of carbonyl (C=O) groups is 1. The van der Waals surface area contributed by atoms with E-state index in [0.29, 0.717) is 11.1 Å². The highest BCUT2D eigenvalue weighted by Crippen LogP contribution is 2.29. The highest BCUT2D eigenvalue weighted by atomic mass is 35.5. The van der Waals surface area contributed by atoms with Crippen LogP contribution < -0.4 is 10.2 Å². The molecule has 3 heterocycles. The molecule has 1 fully saturated rings. The van der Waals surface area contributed by atoms with Crippen molar-refractivity contribution < 1.29 is 4.79 Å². The van der Waals surface area contributed by atoms with Crippen molar-refractivity contribution in [3.63, 3.8) is 0 Å². The fourth-order valence-corrected chi connectivity index (χ4v) is 4.66. The predicted molar refractivity (Wildman–Crippen MR) is 112 cm³/mol. The summed E-state index contributed by atoms with van der Waals surface area (Å²) in [7, 11) is 0. The number of carbonyl (C=O) groups excluding carboxylic acids is 1. The Morgan fingerprint density at radius 2 is 2.00 bits per heavy atom. The van der Waals surface area contributed by atoms with Gasteiger partial charge in [-0.05, 0) is 18.4 Å². The first-order valence-electron chi connectivity index (χ1n) is 8.78. The molecule has 7 nitrogen and oxygen atoms in total. The Kier molecular flexibility index (Phi) is 6.04. The van der Waals surface area contributed by atoms with Crippen LogP contribution in [0, 0.1) is 0 Å². The summed E-state index contributed by atoms with van der Waals surface area (Å²) < 4.78 is 0.783. The molecule has 0 spiro atoms. The second-order valence-electron chi connectivity index (χ2n) is 6.16. The lowest BCUT2D eigenvalue weighted by molar-refractivity contribution is 0.102. The minimum atomic E-state index is -0.413. The van der Waals surface area contributed by atoms with Gasteiger partial charge in [-0.1, -0.05) is 65.0 Å². The van der Waals surface area contributed by atoms with Crippen molar-refractivity contribution in [2.24, 2.45) is 0 Å². The third-order valence-electron chi connectivity index (χ3n) is 4.17. The van der Waals surface area contributed by atoms with Crippen LogP contribution in [0.4, 0.5) is 11.1 Å². The molecule has 1 N–H and O–H groups in total. The van der Waals surface area contributed by atoms with Gasteiger partial charge in [0.2, 0.25) is 11.1 Å². The number of halogens is 1. The molecule has 10 heteroatoms. The van der Waals surface area contributed by atoms with E-state index in [2.05, 4.69) is 42.5 Å². The van der Waals surface area contributed by atoms with Crippen LogP contribution in [0.1, 0.15) is 28.9 Å². The van der Waals surface area contributed by atoms with Crippen molar-refractivity contribution in [2.75, 3.05) is 23.3 Å². The van der Waals surface area contributed by atoms with Gasteiger partial charge in [-0.15, -0.1) is 10.2 Å². The summed E-state index contributed by atoms with van der Waals surface area (Å²) in [5.74, 6) is 0.910. The largest absolute Gasteiger partial charge is 0.341 e. The molecule has 3 aromatic rings. The van der Waals surface area contributed by atoms with Crippen LogP contribution in [0.25, 0.3) is 0 Å². The molecule has 0 atom stereocenters. The van der Waals surface area contributed by atoms with Crippen LogP contribution in [-0.2, 0) is 5.75 Å². The number of nitrogens with one attached hydrogen (secondary N) is 1. The van der Waals surface area contributed by atoms with Gasteiger partial charge in [-0.25, -0.2) is 9.97 Å². The molecule has 1 amide bonds. The molecular weight excluding hydrogens is 416 g/mol. The van der Waals surface area contributed by atoms with Gasteiger partial charge in [-0.3, -0.25) is 10.1 Å². The molecular formula is C18H17ClN6OS2. The standard InChI is InChI=1S/C18H17ClN6OS2/c19-13-10-20-16(25-8-4-5-9-25)21-14(13)15(26)22-17-23-24-18(28-17)27-11-12-6-2-1-3-7-12/h1-3,6-7,10H,4-5,8-9,11H2,(H,22,23,26). The highest BCUT2D eigenvalue weighted by Gasteiger charge is 2.20. The van der Waals surface area contributed by atoms with Crippen molar-refractivity contribution in [3.05, 3.63) is 52.8 Å². The topological polar surface area (TPSA) is 83.9 Å². The van der Waals surface area contributed by atoms with Gasteiger partial charge in [0.1, 0.15) is 0 Å². The van der Waals surface area contributed by atoms with Gasteiger partial charge in [-0.2, -0.15) is 0 Å². The molecule has 2 aromatic heterocycles. The number of hydrogen-bond donors (Lipinski definition) is 1. The lowest BCUT2D eigenvalue weighted by atomic mass is 10.2. The zero-order chi connectivity index (χ0) is 19.3. The quantitative estimate of drug-likeness (QED) is 0.463. The maximum Gasteiger partial charge on any atom is 0.277 e. The summed E-state index contributed by atoms with van der Waals surface area (Å²) in [4.78, 5) is 23.3. The number of benzene rings is 1. The average molecular weight is 433 g/mol. The molecule has 0 unspecified atom stereocenters. The summed E-state index contributed by atoms with van der Waals surface area (Å²) in [5, 5.41) is 11.5. The van der Waals surface area contributed by atoms with Crippen LogP contribution in [0.3, 0.4) is 0 Å². The molecule has 1 saturated heterocycles. The predicted octanol–water partition coefficient (Wildman–Crippen LogP) is 4.13. The van der Waals surface area contributed by atoms with E-state index in [-0.39, 0.29) is 10.7 Å². The Balaban J connectivity index is 1.41. The van der Waals surface area contributed by atoms with Gasteiger partial charge in [0.15, 0.2) is 10.0 Å². The molecule has 1 aliphatic rings. The summed E-state index contributed by atoms with van der Waals surface area (Å²) in [5.41, 5.74) is 1.35. The van der Waals surface area contributed by atoms with Crippen molar-refractivity contribution in [3.8, 4) is 0 Å². The molecule has 144 valence electrons. The minimum Gasteiger partial charge on any atom is -0.341 e. The summed E-state index contributed by atoms with van der Waals surface area (Å²) in [6, 6.07) is 10.1. The third kappa shape index (κ3) is 4.60. The molecule has 28 heavy (non-hydrogen) atoms. The van der Waals surface area contributed by atoms with E-state index in [1.54, 1.807) is 11.8 Å². The Bertz CT molecular complexity index is 962. The van der Waals surface area contributed by atoms with E-state index < -0.39 is 5.91 Å². The minimum absolute atomic E-state index is 0.146. The maximum atomic E-state index is 12.6. The smallest absolute Gasteiger partial charge is 0.277 e. The molecule has 1 aromatic carbocycles. The van der Waals surface area contributed by atoms with Crippen molar-refractivity contribution in [1.29, 1.82) is 0 Å². The van der Waals surface area contributed by atoms with Crippen molar-refractivity contribution in [1.82, 2.24) is 20.2 Å². The van der Waals surface area contributed by atoms with Gasteiger partial charge in [0.25, 0.3) is 5.91 Å². The first kappa shape index (κ1) is 19.1. The van der Waals surface area contributed by atoms with Crippen molar-refractivity contribution >= 4 is 51.7 Å². The number of thioether (sulfide) groups is 1. The monoisotopic (exact) mass is 432 g/mol. The zero-order valence-electron chi connectivity index (χ0n) is 14.8. The fraction of sp³-hybridized carbons (Fsp3) is 0.278. The molecule has 0 bridgehead atoms. The zero-order valence-corrected chi connectivity index (χ0v) is 17.2. The van der Waals surface area contributed by atoms with E-state index in [1.807, 2.05) is 18.2 Å². The third-order valence-corrected chi connectivity index (χ3v) is 6.49. The van der Waals surface area contributed by atoms with Crippen LogP contribution in [0.15, 0.2) is 40.9 Å². The highest BCUT2D eigenvalue weighted by molar-refractivity contribution is 8.00. The first-order valence-corrected chi connectivity index (χ1v) is 11.0. The van der Waals surface area contributed by atoms with Crippen LogP contribution in [0.5, 0.6) is 0 Å². The number of hydrogen-bond acceptors (Lipinski definition) is 8. The number of amides is 1. The number of nitrogens with zero attached hydrogens (tertiary/aromatic N) is 5. The van der Waals surface area contributed by atoms with Crippen LogP contribution in [0.2, 0.25) is 5.02 Å². The SMILES string of the molecule is O=C(Nc1nnc(SCc2ccccc2)s1)c1nc(N2CCCC2)ncc1Cl. The second kappa shape index (κ2) is 8.85. The molecule has 0 radical (unpaired) electrons. The van der Waals surface area contributed by atoms with E-state index in [4.69, 9.17) is 11.6 Å². The second-order valence-corrected chi connectivity index (χ2v) is 8.77. The Morgan fingerprint density at radius 1 is 1.21 bits per heavy atom. The van der Waals surface area contributed by atoms with Crippen molar-refractivity contribution in [2.45, 2.75) is 22.9 Å². The van der Waals surface area contributed by atoms with E-state index in [1.165, 1.54) is 23.1 Å². The summed E-state index contributed by atoms with van der Waals surface area (Å²) in [6.07, 6.45) is 3.67. The van der Waals surface area contributed by atoms with Gasteiger partial charge in [0.05, 0.1) is 11.2 Å². The van der Waals surface area contributed by atoms with Crippen LogP contribution in [-0.4, -0.2) is 39.2 Å². The fourth-order valence-electron chi connectivity index (χ4n) is 2.78. The number of rotatable bonds is 6. The van der Waals surface area contributed by atoms with E-state index >= 15 is 0 Å². The summed E-state index contributed by atoms with van der Waals surface area (Å²) >= 11 is 9.04. The number of anilines is 2. The Morgan fingerprint density at radius 3 is 2.79 bits per heavy atom. The molecule has 4 rings (SSSR count). The lowest BCUT2D eigenvalue weighted by Gasteiger charge is -2.15. The summed E-state index contributed by atoms with van der Waals surface area (Å²) in [6.45, 7) is 1.78. The molecule has 1 aliphatic heterocycles. The Hall–Kier alpha value is -2.23. The van der Waals surface area contributed by atoms with E-state index in [0.717, 1.165) is 36.0 Å². The normalized spacial score (nSPS) is 13.7. The van der Waals surface area contributed by atoms with Crippen LogP contribution >= 0.6 is 34.7 Å². The molecule has 0 aliphatic carbocycles. The molecule has 0 saturated carbocycles. The Labute approximate surface area is 175 Å². The lowest BCUT2D eigenvalue weighted by Crippen LogP contribution is -2.23. The average Bonchev–Trinajstić information content (AvgIpc) is 3.40. The van der Waals surface area contributed by atoms with E-state index in [9.17, 15) is 4.79 Å².